The first-order valence-corrected chi connectivity index (χ1v) is 15.4. The number of ether oxygens (including phenoxy) is 5. The van der Waals surface area contributed by atoms with Gasteiger partial charge in [0.2, 0.25) is 0 Å². The summed E-state index contributed by atoms with van der Waals surface area (Å²) in [6, 6.07) is 10.9. The number of carbonyl (C=O) groups is 3. The molecule has 0 fully saturated rings. The number of unbranched alkanes of at least 4 members (excludes halogenated alkanes) is 3. The average molecular weight is 651 g/mol. The molecule has 46 heavy (non-hydrogen) atoms. The Bertz CT molecular complexity index is 1300. The third kappa shape index (κ3) is 13.1. The second-order valence-electron chi connectivity index (χ2n) is 11.9. The van der Waals surface area contributed by atoms with Gasteiger partial charge in [-0.25, -0.2) is 9.59 Å². The second-order valence-corrected chi connectivity index (χ2v) is 11.9. The maximum Gasteiger partial charge on any atom is 0.422 e. The number of carbonyl (C=O) groups excluding carboxylic acids is 3. The topological polar surface area (TPSA) is 97.4 Å². The van der Waals surface area contributed by atoms with Crippen molar-refractivity contribution >= 4 is 24.0 Å². The Balaban J connectivity index is 1.75. The Labute approximate surface area is 269 Å². The zero-order valence-electron chi connectivity index (χ0n) is 27.4. The molecule has 2 rings (SSSR count). The highest BCUT2D eigenvalue weighted by molar-refractivity contribution is 5.91. The van der Waals surface area contributed by atoms with E-state index in [-0.39, 0.29) is 28.9 Å². The normalized spacial score (nSPS) is 13.0. The van der Waals surface area contributed by atoms with E-state index in [1.807, 2.05) is 6.92 Å². The second kappa shape index (κ2) is 18.2. The third-order valence-corrected chi connectivity index (χ3v) is 7.38. The van der Waals surface area contributed by atoms with Gasteiger partial charge in [0.1, 0.15) is 5.75 Å². The molecule has 0 spiro atoms. The average Bonchev–Trinajstić information content (AvgIpc) is 3.00. The van der Waals surface area contributed by atoms with Crippen LogP contribution >= 0.6 is 0 Å². The van der Waals surface area contributed by atoms with Gasteiger partial charge in [0, 0.05) is 6.08 Å². The predicted molar refractivity (Wildman–Crippen MR) is 168 cm³/mol. The van der Waals surface area contributed by atoms with Crippen molar-refractivity contribution in [3.8, 4) is 17.2 Å². The highest BCUT2D eigenvalue weighted by Crippen LogP contribution is 2.36. The van der Waals surface area contributed by atoms with E-state index in [0.29, 0.717) is 30.4 Å². The van der Waals surface area contributed by atoms with E-state index in [4.69, 9.17) is 18.9 Å². The van der Waals surface area contributed by atoms with Crippen LogP contribution in [0.25, 0.3) is 6.08 Å². The van der Waals surface area contributed by atoms with Crippen LogP contribution in [0.3, 0.4) is 0 Å². The number of hydrogen-bond donors (Lipinski definition) is 0. The van der Waals surface area contributed by atoms with Crippen LogP contribution in [0.4, 0.5) is 13.2 Å². The highest BCUT2D eigenvalue weighted by atomic mass is 19.4. The minimum absolute atomic E-state index is 0.115. The molecule has 11 heteroatoms. The van der Waals surface area contributed by atoms with Gasteiger partial charge in [-0.05, 0) is 98.9 Å². The molecule has 2 aromatic carbocycles. The molecular formula is C35H45F3O8. The molecule has 2 aromatic rings. The minimum Gasteiger partial charge on any atom is -0.494 e. The van der Waals surface area contributed by atoms with Crippen molar-refractivity contribution in [2.75, 3.05) is 26.9 Å². The third-order valence-electron chi connectivity index (χ3n) is 7.38. The van der Waals surface area contributed by atoms with Gasteiger partial charge in [-0.3, -0.25) is 4.79 Å². The molecule has 0 radical (unpaired) electrons. The van der Waals surface area contributed by atoms with E-state index in [1.54, 1.807) is 24.3 Å². The van der Waals surface area contributed by atoms with Crippen LogP contribution in [0.15, 0.2) is 48.5 Å². The zero-order valence-corrected chi connectivity index (χ0v) is 27.4. The number of halogens is 3. The van der Waals surface area contributed by atoms with Crippen LogP contribution < -0.4 is 14.2 Å². The molecule has 0 bridgehead atoms. The van der Waals surface area contributed by atoms with Crippen LogP contribution in [0.1, 0.15) is 82.6 Å². The number of benzene rings is 2. The molecule has 0 N–H and O–H groups in total. The van der Waals surface area contributed by atoms with Crippen molar-refractivity contribution in [2.24, 2.45) is 17.3 Å². The lowest BCUT2D eigenvalue weighted by atomic mass is 9.73. The smallest absolute Gasteiger partial charge is 0.422 e. The van der Waals surface area contributed by atoms with Crippen molar-refractivity contribution in [3.05, 3.63) is 59.7 Å². The Morgan fingerprint density at radius 1 is 0.848 bits per heavy atom. The van der Waals surface area contributed by atoms with Gasteiger partial charge in [-0.2, -0.15) is 13.2 Å². The SMILES string of the molecule is COc1cc(/C=C/C(=O)OCC(F)(F)F)ccc1OC(=O)c1ccc(OCCCCCCOC(=O)C(C)(CC(C)C)C(C)C)cc1. The van der Waals surface area contributed by atoms with Crippen molar-refractivity contribution in [1.82, 2.24) is 0 Å². The predicted octanol–water partition coefficient (Wildman–Crippen LogP) is 8.22. The van der Waals surface area contributed by atoms with Gasteiger partial charge in [-0.15, -0.1) is 0 Å². The fourth-order valence-corrected chi connectivity index (χ4v) is 4.56. The molecule has 0 amide bonds. The Kier molecular flexibility index (Phi) is 15.1. The number of methoxy groups -OCH3 is 1. The zero-order chi connectivity index (χ0) is 34.3. The van der Waals surface area contributed by atoms with Crippen LogP contribution in [0.5, 0.6) is 17.2 Å². The summed E-state index contributed by atoms with van der Waals surface area (Å²) in [5.74, 6) is -0.393. The van der Waals surface area contributed by atoms with E-state index in [2.05, 4.69) is 32.4 Å². The Morgan fingerprint density at radius 3 is 2.09 bits per heavy atom. The first-order chi connectivity index (χ1) is 21.6. The Morgan fingerprint density at radius 2 is 1.50 bits per heavy atom. The van der Waals surface area contributed by atoms with E-state index >= 15 is 0 Å². The van der Waals surface area contributed by atoms with Crippen LogP contribution in [0.2, 0.25) is 0 Å². The van der Waals surface area contributed by atoms with E-state index in [1.165, 1.54) is 31.4 Å². The quantitative estimate of drug-likeness (QED) is 0.0689. The molecule has 0 saturated heterocycles. The molecule has 1 unspecified atom stereocenters. The van der Waals surface area contributed by atoms with E-state index in [0.717, 1.165) is 38.2 Å². The van der Waals surface area contributed by atoms with Gasteiger partial charge in [-0.1, -0.05) is 33.8 Å². The summed E-state index contributed by atoms with van der Waals surface area (Å²) < 4.78 is 62.7. The monoisotopic (exact) mass is 650 g/mol. The maximum absolute atomic E-state index is 12.7. The maximum atomic E-state index is 12.7. The summed E-state index contributed by atoms with van der Waals surface area (Å²) in [5, 5.41) is 0. The largest absolute Gasteiger partial charge is 0.494 e. The molecule has 0 aromatic heterocycles. The van der Waals surface area contributed by atoms with Gasteiger partial charge >= 0.3 is 24.1 Å². The lowest BCUT2D eigenvalue weighted by Crippen LogP contribution is -2.36. The van der Waals surface area contributed by atoms with Crippen molar-refractivity contribution in [2.45, 2.75) is 72.9 Å². The number of hydrogen-bond acceptors (Lipinski definition) is 8. The van der Waals surface area contributed by atoms with Crippen molar-refractivity contribution in [3.63, 3.8) is 0 Å². The lowest BCUT2D eigenvalue weighted by Gasteiger charge is -2.32. The molecule has 0 heterocycles. The number of alkyl halides is 3. The van der Waals surface area contributed by atoms with E-state index in [9.17, 15) is 27.6 Å². The molecule has 0 aliphatic rings. The first kappa shape index (κ1) is 38.2. The first-order valence-electron chi connectivity index (χ1n) is 15.4. The summed E-state index contributed by atoms with van der Waals surface area (Å²) in [5.41, 5.74) is 0.220. The van der Waals surface area contributed by atoms with Crippen LogP contribution in [-0.2, 0) is 19.1 Å². The van der Waals surface area contributed by atoms with Gasteiger partial charge in [0.25, 0.3) is 0 Å². The number of esters is 3. The summed E-state index contributed by atoms with van der Waals surface area (Å²) in [7, 11) is 1.36. The highest BCUT2D eigenvalue weighted by Gasteiger charge is 2.38. The Hall–Kier alpha value is -4.02. The van der Waals surface area contributed by atoms with Crippen LogP contribution in [-0.4, -0.2) is 51.0 Å². The number of rotatable bonds is 18. The van der Waals surface area contributed by atoms with Crippen molar-refractivity contribution in [1.29, 1.82) is 0 Å². The molecule has 254 valence electrons. The van der Waals surface area contributed by atoms with Gasteiger partial charge < -0.3 is 23.7 Å². The van der Waals surface area contributed by atoms with Crippen molar-refractivity contribution < 1.29 is 51.2 Å². The lowest BCUT2D eigenvalue weighted by molar-refractivity contribution is -0.182. The molecule has 0 aliphatic heterocycles. The minimum atomic E-state index is -4.61. The molecule has 1 atom stereocenters. The van der Waals surface area contributed by atoms with Crippen LogP contribution in [0, 0.1) is 17.3 Å². The van der Waals surface area contributed by atoms with E-state index < -0.39 is 30.1 Å². The fourth-order valence-electron chi connectivity index (χ4n) is 4.56. The fraction of sp³-hybridized carbons (Fsp3) is 0.514. The summed E-state index contributed by atoms with van der Waals surface area (Å²) in [4.78, 5) is 36.9. The summed E-state index contributed by atoms with van der Waals surface area (Å²) in [6.07, 6.45) is 1.75. The molecular weight excluding hydrogens is 605 g/mol. The molecule has 0 saturated carbocycles. The van der Waals surface area contributed by atoms with Gasteiger partial charge in [0.15, 0.2) is 18.1 Å². The standard InChI is InChI=1S/C35H45F3O8/c1-24(2)22-34(5,25(3)4)33(41)44-20-10-8-7-9-19-43-28-15-13-27(14-16-28)32(40)46-29-17-11-26(21-30(29)42-6)12-18-31(39)45-23-35(36,37)38/h11-18,21,24-25H,7-10,19-20,22-23H2,1-6H3/b18-12+. The summed E-state index contributed by atoms with van der Waals surface area (Å²) >= 11 is 0. The summed E-state index contributed by atoms with van der Waals surface area (Å²) in [6.45, 7) is 9.57. The van der Waals surface area contributed by atoms with Gasteiger partial charge in [0.05, 0.1) is 31.3 Å². The molecule has 0 aliphatic carbocycles. The molecule has 8 nitrogen and oxygen atoms in total.